The van der Waals surface area contributed by atoms with Crippen LogP contribution in [0, 0.1) is 0 Å². The van der Waals surface area contributed by atoms with E-state index in [9.17, 15) is 13.2 Å². The van der Waals surface area contributed by atoms with Crippen molar-refractivity contribution in [3.8, 4) is 5.75 Å². The number of rotatable bonds is 5. The van der Waals surface area contributed by atoms with Crippen LogP contribution in [0.1, 0.15) is 17.9 Å². The Morgan fingerprint density at radius 3 is 2.44 bits per heavy atom. The molecule has 2 aromatic carbocycles. The molecule has 0 N–H and O–H groups in total. The van der Waals surface area contributed by atoms with Gasteiger partial charge in [0, 0.05) is 12.5 Å². The smallest absolute Gasteiger partial charge is 0.306 e. The van der Waals surface area contributed by atoms with Crippen LogP contribution in [0.3, 0.4) is 0 Å². The van der Waals surface area contributed by atoms with E-state index in [-0.39, 0.29) is 29.7 Å². The summed E-state index contributed by atoms with van der Waals surface area (Å²) in [5, 5.41) is 0. The van der Waals surface area contributed by atoms with Crippen LogP contribution in [-0.4, -0.2) is 35.2 Å². The minimum absolute atomic E-state index is 0.141. The van der Waals surface area contributed by atoms with Crippen molar-refractivity contribution in [2.45, 2.75) is 17.2 Å². The Morgan fingerprint density at radius 1 is 1.12 bits per heavy atom. The molecule has 0 saturated heterocycles. The van der Waals surface area contributed by atoms with E-state index in [1.54, 1.807) is 24.3 Å². The van der Waals surface area contributed by atoms with Gasteiger partial charge in [-0.15, -0.1) is 0 Å². The van der Waals surface area contributed by atoms with E-state index < -0.39 is 10.0 Å². The van der Waals surface area contributed by atoms with Crippen molar-refractivity contribution in [1.29, 1.82) is 0 Å². The number of ether oxygens (including phenoxy) is 2. The van der Waals surface area contributed by atoms with E-state index in [1.807, 2.05) is 12.1 Å². The number of esters is 1. The van der Waals surface area contributed by atoms with E-state index in [4.69, 9.17) is 9.47 Å². The summed E-state index contributed by atoms with van der Waals surface area (Å²) >= 11 is 0. The molecule has 6 nitrogen and oxygen atoms in total. The number of sulfonamides is 1. The quantitative estimate of drug-likeness (QED) is 0.765. The van der Waals surface area contributed by atoms with Crippen molar-refractivity contribution < 1.29 is 22.7 Å². The maximum Gasteiger partial charge on any atom is 0.306 e. The molecule has 1 aliphatic rings. The van der Waals surface area contributed by atoms with Crippen molar-refractivity contribution in [2.75, 3.05) is 25.1 Å². The minimum Gasteiger partial charge on any atom is -0.497 e. The second-order valence-corrected chi connectivity index (χ2v) is 7.61. The van der Waals surface area contributed by atoms with Crippen LogP contribution in [0.2, 0.25) is 0 Å². The molecular formula is C18H19NO5S. The molecule has 1 heterocycles. The first-order valence-corrected chi connectivity index (χ1v) is 9.24. The SMILES string of the molecule is COC(=O)CC1CN(S(=O)(=O)c2ccc(OC)cc2)c2ccccc21. The fraction of sp³-hybridized carbons (Fsp3) is 0.278. The average molecular weight is 361 g/mol. The van der Waals surface area contributed by atoms with E-state index >= 15 is 0 Å². The number of para-hydroxylation sites is 1. The zero-order valence-electron chi connectivity index (χ0n) is 14.0. The molecule has 0 spiro atoms. The van der Waals surface area contributed by atoms with Gasteiger partial charge < -0.3 is 9.47 Å². The maximum absolute atomic E-state index is 13.1. The molecule has 7 heteroatoms. The van der Waals surface area contributed by atoms with Crippen LogP contribution in [0.15, 0.2) is 53.4 Å². The second kappa shape index (κ2) is 6.76. The number of fused-ring (bicyclic) bond motifs is 1. The van der Waals surface area contributed by atoms with Gasteiger partial charge in [-0.25, -0.2) is 8.42 Å². The fourth-order valence-electron chi connectivity index (χ4n) is 3.02. The summed E-state index contributed by atoms with van der Waals surface area (Å²) in [6.07, 6.45) is 0.141. The van der Waals surface area contributed by atoms with E-state index in [0.29, 0.717) is 11.4 Å². The van der Waals surface area contributed by atoms with Crippen LogP contribution in [-0.2, 0) is 19.6 Å². The van der Waals surface area contributed by atoms with Crippen LogP contribution >= 0.6 is 0 Å². The standard InChI is InChI=1S/C18H19NO5S/c1-23-14-7-9-15(10-8-14)25(21,22)19-12-13(11-18(20)24-2)16-5-3-4-6-17(16)19/h3-10,13H,11-12H2,1-2H3. The van der Waals surface area contributed by atoms with Gasteiger partial charge in [0.2, 0.25) is 0 Å². The molecule has 0 saturated carbocycles. The number of nitrogens with zero attached hydrogens (tertiary/aromatic N) is 1. The molecule has 25 heavy (non-hydrogen) atoms. The lowest BCUT2D eigenvalue weighted by molar-refractivity contribution is -0.140. The Hall–Kier alpha value is -2.54. The van der Waals surface area contributed by atoms with Crippen LogP contribution in [0.4, 0.5) is 5.69 Å². The first-order valence-electron chi connectivity index (χ1n) is 7.80. The molecule has 0 fully saturated rings. The van der Waals surface area contributed by atoms with Crippen molar-refractivity contribution in [3.63, 3.8) is 0 Å². The Kier molecular flexibility index (Phi) is 4.67. The van der Waals surface area contributed by atoms with E-state index in [1.165, 1.54) is 30.7 Å². The summed E-state index contributed by atoms with van der Waals surface area (Å²) in [6.45, 7) is 0.211. The average Bonchev–Trinajstić information content (AvgIpc) is 3.01. The first-order chi connectivity index (χ1) is 12.0. The molecule has 0 aromatic heterocycles. The zero-order chi connectivity index (χ0) is 18.0. The zero-order valence-corrected chi connectivity index (χ0v) is 14.8. The van der Waals surface area contributed by atoms with Gasteiger partial charge in [-0.3, -0.25) is 9.10 Å². The van der Waals surface area contributed by atoms with Crippen LogP contribution in [0.25, 0.3) is 0 Å². The number of carbonyl (C=O) groups excluding carboxylic acids is 1. The van der Waals surface area contributed by atoms with Gasteiger partial charge in [0.25, 0.3) is 10.0 Å². The van der Waals surface area contributed by atoms with Gasteiger partial charge in [0.1, 0.15) is 5.75 Å². The van der Waals surface area contributed by atoms with E-state index in [0.717, 1.165) is 5.56 Å². The molecule has 1 aliphatic heterocycles. The second-order valence-electron chi connectivity index (χ2n) is 5.75. The number of benzene rings is 2. The third-order valence-corrected chi connectivity index (χ3v) is 6.11. The molecule has 0 radical (unpaired) electrons. The topological polar surface area (TPSA) is 72.9 Å². The largest absolute Gasteiger partial charge is 0.497 e. The Bertz CT molecular complexity index is 877. The number of anilines is 1. The molecule has 3 rings (SSSR count). The van der Waals surface area contributed by atoms with Gasteiger partial charge in [-0.2, -0.15) is 0 Å². The summed E-state index contributed by atoms with van der Waals surface area (Å²) in [5.74, 6) is 0.00418. The number of hydrogen-bond acceptors (Lipinski definition) is 5. The van der Waals surface area contributed by atoms with Gasteiger partial charge in [0.05, 0.1) is 31.2 Å². The van der Waals surface area contributed by atoms with Gasteiger partial charge in [-0.05, 0) is 35.9 Å². The normalized spacial score (nSPS) is 16.4. The summed E-state index contributed by atoms with van der Waals surface area (Å²) in [6, 6.07) is 13.5. The molecule has 2 aromatic rings. The van der Waals surface area contributed by atoms with Crippen molar-refractivity contribution in [2.24, 2.45) is 0 Å². The van der Waals surface area contributed by atoms with Crippen LogP contribution < -0.4 is 9.04 Å². The summed E-state index contributed by atoms with van der Waals surface area (Å²) in [7, 11) is -0.873. The van der Waals surface area contributed by atoms with Gasteiger partial charge in [0.15, 0.2) is 0 Å². The highest BCUT2D eigenvalue weighted by Crippen LogP contribution is 2.41. The fourth-order valence-corrected chi connectivity index (χ4v) is 4.55. The molecule has 0 bridgehead atoms. The summed E-state index contributed by atoms with van der Waals surface area (Å²) < 4.78 is 37.3. The number of hydrogen-bond donors (Lipinski definition) is 0. The molecule has 0 aliphatic carbocycles. The minimum atomic E-state index is -3.73. The lowest BCUT2D eigenvalue weighted by Crippen LogP contribution is -2.30. The predicted octanol–water partition coefficient (Wildman–Crippen LogP) is 2.55. The lowest BCUT2D eigenvalue weighted by Gasteiger charge is -2.20. The maximum atomic E-state index is 13.1. The lowest BCUT2D eigenvalue weighted by atomic mass is 9.98. The van der Waals surface area contributed by atoms with Crippen molar-refractivity contribution >= 4 is 21.7 Å². The highest BCUT2D eigenvalue weighted by atomic mass is 32.2. The van der Waals surface area contributed by atoms with Crippen molar-refractivity contribution in [1.82, 2.24) is 0 Å². The monoisotopic (exact) mass is 361 g/mol. The molecule has 0 amide bonds. The Balaban J connectivity index is 1.97. The van der Waals surface area contributed by atoms with Crippen LogP contribution in [0.5, 0.6) is 5.75 Å². The Morgan fingerprint density at radius 2 is 1.80 bits per heavy atom. The molecule has 1 unspecified atom stereocenters. The third kappa shape index (κ3) is 3.19. The predicted molar refractivity (Wildman–Crippen MR) is 93.3 cm³/mol. The number of carbonyl (C=O) groups is 1. The molecule has 132 valence electrons. The molecule has 1 atom stereocenters. The number of methoxy groups -OCH3 is 2. The third-order valence-electron chi connectivity index (χ3n) is 4.32. The molecular weight excluding hydrogens is 342 g/mol. The van der Waals surface area contributed by atoms with E-state index in [2.05, 4.69) is 0 Å². The van der Waals surface area contributed by atoms with Gasteiger partial charge in [-0.1, -0.05) is 18.2 Å². The summed E-state index contributed by atoms with van der Waals surface area (Å²) in [5.41, 5.74) is 1.44. The van der Waals surface area contributed by atoms with Crippen molar-refractivity contribution in [3.05, 3.63) is 54.1 Å². The highest BCUT2D eigenvalue weighted by Gasteiger charge is 2.37. The van der Waals surface area contributed by atoms with Gasteiger partial charge >= 0.3 is 5.97 Å². The highest BCUT2D eigenvalue weighted by molar-refractivity contribution is 7.92. The Labute approximate surface area is 147 Å². The summed E-state index contributed by atoms with van der Waals surface area (Å²) in [4.78, 5) is 11.9. The first kappa shape index (κ1) is 17.3.